The molecule has 0 aliphatic carbocycles. The molecular weight excluding hydrogens is 506 g/mol. The molecular formula is C29H40BrNO2S. The van der Waals surface area contributed by atoms with Gasteiger partial charge < -0.3 is 9.47 Å². The summed E-state index contributed by atoms with van der Waals surface area (Å²) in [4.78, 5) is 1.15. The van der Waals surface area contributed by atoms with Crippen molar-refractivity contribution in [2.45, 2.75) is 87.2 Å². The standard InChI is InChI=1S/C29H40BrNO2S/c1-24-13-16-26(17-14-24)34-29(23-31,19-11-9-7-5-4-6-8-10-12-20-30)22-25-15-18-27(32-2)28(21-25)33-3/h13-18,21H,4-12,19-20,22H2,1-3H3. The number of ether oxygens (including phenoxy) is 2. The van der Waals surface area contributed by atoms with Crippen LogP contribution in [-0.4, -0.2) is 24.3 Å². The second-order valence-corrected chi connectivity index (χ2v) is 11.3. The molecule has 5 heteroatoms. The van der Waals surface area contributed by atoms with E-state index >= 15 is 0 Å². The fourth-order valence-corrected chi connectivity index (χ4v) is 5.84. The topological polar surface area (TPSA) is 42.2 Å². The smallest absolute Gasteiger partial charge is 0.160 e. The number of halogens is 1. The predicted molar refractivity (Wildman–Crippen MR) is 149 cm³/mol. The molecule has 186 valence electrons. The highest BCUT2D eigenvalue weighted by Gasteiger charge is 2.32. The van der Waals surface area contributed by atoms with Crippen LogP contribution >= 0.6 is 27.7 Å². The zero-order chi connectivity index (χ0) is 24.7. The summed E-state index contributed by atoms with van der Waals surface area (Å²) in [5.74, 6) is 1.43. The first-order valence-corrected chi connectivity index (χ1v) is 14.4. The minimum Gasteiger partial charge on any atom is -0.493 e. The van der Waals surface area contributed by atoms with Crippen molar-refractivity contribution >= 4 is 27.7 Å². The van der Waals surface area contributed by atoms with Gasteiger partial charge in [-0.2, -0.15) is 5.26 Å². The van der Waals surface area contributed by atoms with Gasteiger partial charge in [-0.3, -0.25) is 0 Å². The number of nitrogens with zero attached hydrogens (tertiary/aromatic N) is 1. The van der Waals surface area contributed by atoms with Crippen LogP contribution in [0.5, 0.6) is 11.5 Å². The van der Waals surface area contributed by atoms with Crippen molar-refractivity contribution in [3.05, 3.63) is 53.6 Å². The minimum atomic E-state index is -0.509. The van der Waals surface area contributed by atoms with Gasteiger partial charge in [0.15, 0.2) is 11.5 Å². The fraction of sp³-hybridized carbons (Fsp3) is 0.552. The van der Waals surface area contributed by atoms with Crippen molar-refractivity contribution in [3.63, 3.8) is 0 Å². The van der Waals surface area contributed by atoms with Crippen LogP contribution in [0.2, 0.25) is 0 Å². The lowest BCUT2D eigenvalue weighted by atomic mass is 9.93. The number of rotatable bonds is 17. The van der Waals surface area contributed by atoms with Gasteiger partial charge in [-0.05, 0) is 49.6 Å². The maximum absolute atomic E-state index is 10.4. The summed E-state index contributed by atoms with van der Waals surface area (Å²) in [7, 11) is 3.30. The Morgan fingerprint density at radius 2 is 1.41 bits per heavy atom. The molecule has 0 amide bonds. The zero-order valence-corrected chi connectivity index (χ0v) is 23.5. The van der Waals surface area contributed by atoms with Crippen LogP contribution in [0, 0.1) is 18.3 Å². The Morgan fingerprint density at radius 1 is 0.824 bits per heavy atom. The van der Waals surface area contributed by atoms with E-state index < -0.39 is 4.75 Å². The number of alkyl halides is 1. The van der Waals surface area contributed by atoms with Crippen LogP contribution in [0.4, 0.5) is 0 Å². The van der Waals surface area contributed by atoms with Crippen LogP contribution in [0.25, 0.3) is 0 Å². The first-order valence-electron chi connectivity index (χ1n) is 12.5. The molecule has 3 nitrogen and oxygen atoms in total. The highest BCUT2D eigenvalue weighted by atomic mass is 79.9. The molecule has 0 saturated carbocycles. The average Bonchev–Trinajstić information content (AvgIpc) is 2.86. The third-order valence-electron chi connectivity index (χ3n) is 6.19. The van der Waals surface area contributed by atoms with Crippen molar-refractivity contribution in [2.75, 3.05) is 19.5 Å². The molecule has 0 radical (unpaired) electrons. The Hall–Kier alpha value is -1.64. The SMILES string of the molecule is COc1ccc(CC(C#N)(CCCCCCCCCCCBr)Sc2ccc(C)cc2)cc1OC. The molecule has 0 N–H and O–H groups in total. The number of methoxy groups -OCH3 is 2. The molecule has 2 aromatic carbocycles. The van der Waals surface area contributed by atoms with E-state index in [1.54, 1.807) is 26.0 Å². The molecule has 0 saturated heterocycles. The number of thioether (sulfide) groups is 1. The van der Waals surface area contributed by atoms with E-state index in [1.165, 1.54) is 56.9 Å². The summed E-state index contributed by atoms with van der Waals surface area (Å²) < 4.78 is 10.4. The van der Waals surface area contributed by atoms with E-state index in [4.69, 9.17) is 9.47 Å². The zero-order valence-electron chi connectivity index (χ0n) is 21.1. The summed E-state index contributed by atoms with van der Waals surface area (Å²) >= 11 is 5.21. The Kier molecular flexibility index (Phi) is 13.5. The highest BCUT2D eigenvalue weighted by Crippen LogP contribution is 2.41. The number of aryl methyl sites for hydroxylation is 1. The molecule has 1 atom stereocenters. The Bertz CT molecular complexity index is 881. The fourth-order valence-electron chi connectivity index (χ4n) is 4.19. The lowest BCUT2D eigenvalue weighted by molar-refractivity contribution is 0.354. The second-order valence-electron chi connectivity index (χ2n) is 9.01. The van der Waals surface area contributed by atoms with Crippen LogP contribution in [-0.2, 0) is 6.42 Å². The third kappa shape index (κ3) is 9.92. The molecule has 0 heterocycles. The lowest BCUT2D eigenvalue weighted by Gasteiger charge is -2.27. The van der Waals surface area contributed by atoms with E-state index in [9.17, 15) is 5.26 Å². The molecule has 0 aromatic heterocycles. The first-order chi connectivity index (χ1) is 16.6. The highest BCUT2D eigenvalue weighted by molar-refractivity contribution is 9.09. The van der Waals surface area contributed by atoms with Crippen LogP contribution in [0.1, 0.15) is 75.3 Å². The quantitative estimate of drug-likeness (QED) is 0.113. The molecule has 1 unspecified atom stereocenters. The van der Waals surface area contributed by atoms with Gasteiger partial charge in [0.25, 0.3) is 0 Å². The summed E-state index contributed by atoms with van der Waals surface area (Å²) in [6.45, 7) is 2.09. The normalized spacial score (nSPS) is 12.7. The maximum atomic E-state index is 10.4. The molecule has 34 heavy (non-hydrogen) atoms. The van der Waals surface area contributed by atoms with Crippen molar-refractivity contribution in [3.8, 4) is 17.6 Å². The van der Waals surface area contributed by atoms with Crippen molar-refractivity contribution in [2.24, 2.45) is 0 Å². The second kappa shape index (κ2) is 16.1. The van der Waals surface area contributed by atoms with Gasteiger partial charge in [0.1, 0.15) is 4.75 Å². The summed E-state index contributed by atoms with van der Waals surface area (Å²) in [5, 5.41) is 11.5. The van der Waals surface area contributed by atoms with E-state index in [0.717, 1.165) is 28.6 Å². The Balaban J connectivity index is 2.01. The predicted octanol–water partition coefficient (Wildman–Crippen LogP) is 8.91. The molecule has 0 aliphatic rings. The minimum absolute atomic E-state index is 0.509. The third-order valence-corrected chi connectivity index (χ3v) is 8.09. The average molecular weight is 547 g/mol. The van der Waals surface area contributed by atoms with Gasteiger partial charge in [0.2, 0.25) is 0 Å². The molecule has 2 rings (SSSR count). The van der Waals surface area contributed by atoms with Gasteiger partial charge in [0, 0.05) is 16.6 Å². The van der Waals surface area contributed by atoms with Gasteiger partial charge >= 0.3 is 0 Å². The lowest BCUT2D eigenvalue weighted by Crippen LogP contribution is -2.26. The maximum Gasteiger partial charge on any atom is 0.160 e. The first kappa shape index (κ1) is 28.6. The largest absolute Gasteiger partial charge is 0.493 e. The molecule has 2 aromatic rings. The van der Waals surface area contributed by atoms with Crippen LogP contribution in [0.3, 0.4) is 0 Å². The molecule has 0 aliphatic heterocycles. The van der Waals surface area contributed by atoms with Gasteiger partial charge in [-0.15, -0.1) is 11.8 Å². The summed E-state index contributed by atoms with van der Waals surface area (Å²) in [6, 6.07) is 17.2. The molecule has 0 bridgehead atoms. The van der Waals surface area contributed by atoms with Gasteiger partial charge in [-0.1, -0.05) is 91.1 Å². The van der Waals surface area contributed by atoms with Crippen molar-refractivity contribution in [1.82, 2.24) is 0 Å². The van der Waals surface area contributed by atoms with Crippen LogP contribution < -0.4 is 9.47 Å². The van der Waals surface area contributed by atoms with Crippen molar-refractivity contribution < 1.29 is 9.47 Å². The number of unbranched alkanes of at least 4 members (excludes halogenated alkanes) is 8. The van der Waals surface area contributed by atoms with Crippen LogP contribution in [0.15, 0.2) is 47.4 Å². The number of benzene rings is 2. The number of nitriles is 1. The number of hydrogen-bond donors (Lipinski definition) is 0. The summed E-state index contributed by atoms with van der Waals surface area (Å²) in [5.41, 5.74) is 2.33. The van der Waals surface area contributed by atoms with E-state index in [2.05, 4.69) is 59.3 Å². The Labute approximate surface area is 219 Å². The molecule has 0 spiro atoms. The van der Waals surface area contributed by atoms with E-state index in [0.29, 0.717) is 17.9 Å². The summed E-state index contributed by atoms with van der Waals surface area (Å²) in [6.07, 6.45) is 13.0. The van der Waals surface area contributed by atoms with E-state index in [1.807, 2.05) is 12.1 Å². The van der Waals surface area contributed by atoms with Crippen molar-refractivity contribution in [1.29, 1.82) is 5.26 Å². The monoisotopic (exact) mass is 545 g/mol. The van der Waals surface area contributed by atoms with Gasteiger partial charge in [-0.25, -0.2) is 0 Å². The molecule has 0 fully saturated rings. The Morgan fingerprint density at radius 3 is 1.97 bits per heavy atom. The number of hydrogen-bond acceptors (Lipinski definition) is 4. The van der Waals surface area contributed by atoms with E-state index in [-0.39, 0.29) is 0 Å². The van der Waals surface area contributed by atoms with Gasteiger partial charge in [0.05, 0.1) is 20.3 Å².